The standard InChI is InChI=1S/C10H8BrN3O4/c11-6-3-5(14(17)18)1-2-7(6)12-8-4-9(15)13-10(8)16/h1-3,8,12H,4H2,(H,13,15,16). The van der Waals surface area contributed by atoms with E-state index in [1.807, 2.05) is 0 Å². The first-order valence-corrected chi connectivity index (χ1v) is 5.81. The number of nitro benzene ring substituents is 1. The fraction of sp³-hybridized carbons (Fsp3) is 0.200. The fourth-order valence-electron chi connectivity index (χ4n) is 1.59. The Bertz CT molecular complexity index is 546. The number of benzene rings is 1. The maximum absolute atomic E-state index is 11.4. The van der Waals surface area contributed by atoms with Gasteiger partial charge in [0.2, 0.25) is 11.8 Å². The molecule has 1 aliphatic heterocycles. The molecule has 18 heavy (non-hydrogen) atoms. The summed E-state index contributed by atoms with van der Waals surface area (Å²) in [4.78, 5) is 32.4. The van der Waals surface area contributed by atoms with Gasteiger partial charge in [0.05, 0.1) is 11.3 Å². The largest absolute Gasteiger partial charge is 0.372 e. The SMILES string of the molecule is O=C1CC(Nc2ccc([N+](=O)[O-])cc2Br)C(=O)N1. The molecular weight excluding hydrogens is 306 g/mol. The first-order valence-electron chi connectivity index (χ1n) is 5.01. The molecule has 1 atom stereocenters. The van der Waals surface area contributed by atoms with E-state index in [1.165, 1.54) is 18.2 Å². The Morgan fingerprint density at radius 1 is 1.44 bits per heavy atom. The second kappa shape index (κ2) is 4.73. The van der Waals surface area contributed by atoms with Gasteiger partial charge in [-0.05, 0) is 22.0 Å². The number of nitrogens with one attached hydrogen (secondary N) is 2. The van der Waals surface area contributed by atoms with Crippen molar-refractivity contribution in [3.63, 3.8) is 0 Å². The zero-order valence-electron chi connectivity index (χ0n) is 8.97. The molecule has 1 unspecified atom stereocenters. The molecular formula is C10H8BrN3O4. The first-order chi connectivity index (χ1) is 8.47. The Hall–Kier alpha value is -1.96. The molecule has 1 saturated heterocycles. The van der Waals surface area contributed by atoms with E-state index < -0.39 is 16.9 Å². The molecule has 0 bridgehead atoms. The third kappa shape index (κ3) is 2.48. The van der Waals surface area contributed by atoms with E-state index in [-0.39, 0.29) is 18.0 Å². The van der Waals surface area contributed by atoms with Crippen LogP contribution in [-0.4, -0.2) is 22.8 Å². The predicted octanol–water partition coefficient (Wildman–Crippen LogP) is 1.18. The van der Waals surface area contributed by atoms with Gasteiger partial charge in [-0.2, -0.15) is 0 Å². The van der Waals surface area contributed by atoms with Crippen LogP contribution in [0.25, 0.3) is 0 Å². The summed E-state index contributed by atoms with van der Waals surface area (Å²) in [5.74, 6) is -0.735. The second-order valence-electron chi connectivity index (χ2n) is 3.73. The highest BCUT2D eigenvalue weighted by Crippen LogP contribution is 2.28. The highest BCUT2D eigenvalue weighted by Gasteiger charge is 2.30. The van der Waals surface area contributed by atoms with Crippen molar-refractivity contribution in [3.05, 3.63) is 32.8 Å². The van der Waals surface area contributed by atoms with E-state index >= 15 is 0 Å². The lowest BCUT2D eigenvalue weighted by Gasteiger charge is -2.12. The van der Waals surface area contributed by atoms with Crippen LogP contribution in [0.5, 0.6) is 0 Å². The molecule has 1 aliphatic rings. The monoisotopic (exact) mass is 313 g/mol. The summed E-state index contributed by atoms with van der Waals surface area (Å²) in [5.41, 5.74) is 0.467. The van der Waals surface area contributed by atoms with E-state index in [4.69, 9.17) is 0 Å². The number of imide groups is 1. The van der Waals surface area contributed by atoms with Crippen molar-refractivity contribution < 1.29 is 14.5 Å². The van der Waals surface area contributed by atoms with Gasteiger partial charge in [0.15, 0.2) is 0 Å². The van der Waals surface area contributed by atoms with E-state index in [0.717, 1.165) is 0 Å². The number of carbonyl (C=O) groups excluding carboxylic acids is 2. The third-order valence-corrected chi connectivity index (χ3v) is 3.12. The van der Waals surface area contributed by atoms with E-state index in [2.05, 4.69) is 26.6 Å². The quantitative estimate of drug-likeness (QED) is 0.496. The number of nitro groups is 1. The van der Waals surface area contributed by atoms with Crippen molar-refractivity contribution in [3.8, 4) is 0 Å². The van der Waals surface area contributed by atoms with Crippen LogP contribution in [0, 0.1) is 10.1 Å². The van der Waals surface area contributed by atoms with Gasteiger partial charge in [-0.3, -0.25) is 25.0 Å². The van der Waals surface area contributed by atoms with Crippen LogP contribution in [0.1, 0.15) is 6.42 Å². The van der Waals surface area contributed by atoms with Crippen molar-refractivity contribution in [1.82, 2.24) is 5.32 Å². The van der Waals surface area contributed by atoms with Gasteiger partial charge in [-0.1, -0.05) is 0 Å². The topological polar surface area (TPSA) is 101 Å². The van der Waals surface area contributed by atoms with Crippen LogP contribution in [0.2, 0.25) is 0 Å². The van der Waals surface area contributed by atoms with Crippen molar-refractivity contribution in [2.45, 2.75) is 12.5 Å². The molecule has 1 fully saturated rings. The van der Waals surface area contributed by atoms with Crippen LogP contribution in [-0.2, 0) is 9.59 Å². The zero-order chi connectivity index (χ0) is 13.3. The number of halogens is 1. The lowest BCUT2D eigenvalue weighted by atomic mass is 10.2. The minimum Gasteiger partial charge on any atom is -0.372 e. The number of rotatable bonds is 3. The van der Waals surface area contributed by atoms with Gasteiger partial charge in [0, 0.05) is 22.3 Å². The molecule has 0 spiro atoms. The molecule has 0 aromatic heterocycles. The molecule has 2 amide bonds. The molecule has 94 valence electrons. The van der Waals surface area contributed by atoms with Gasteiger partial charge in [-0.25, -0.2) is 0 Å². The molecule has 0 saturated carbocycles. The molecule has 8 heteroatoms. The lowest BCUT2D eigenvalue weighted by molar-refractivity contribution is -0.384. The average Bonchev–Trinajstić information content (AvgIpc) is 2.60. The van der Waals surface area contributed by atoms with Gasteiger partial charge < -0.3 is 5.32 Å². The fourth-order valence-corrected chi connectivity index (χ4v) is 2.07. The number of carbonyl (C=O) groups is 2. The summed E-state index contributed by atoms with van der Waals surface area (Å²) in [5, 5.41) is 15.6. The van der Waals surface area contributed by atoms with Gasteiger partial charge in [0.25, 0.3) is 5.69 Å². The Balaban J connectivity index is 2.17. The summed E-state index contributed by atoms with van der Waals surface area (Å²) >= 11 is 3.17. The van der Waals surface area contributed by atoms with Crippen LogP contribution < -0.4 is 10.6 Å². The van der Waals surface area contributed by atoms with Gasteiger partial charge in [-0.15, -0.1) is 0 Å². The minimum atomic E-state index is -0.643. The van der Waals surface area contributed by atoms with E-state index in [9.17, 15) is 19.7 Å². The maximum Gasteiger partial charge on any atom is 0.270 e. The van der Waals surface area contributed by atoms with Crippen molar-refractivity contribution in [1.29, 1.82) is 0 Å². The summed E-state index contributed by atoms with van der Waals surface area (Å²) in [6.07, 6.45) is 0.0578. The Labute approximate surface area is 110 Å². The Morgan fingerprint density at radius 3 is 2.67 bits per heavy atom. The molecule has 1 aromatic rings. The summed E-state index contributed by atoms with van der Waals surface area (Å²) in [6.45, 7) is 0. The van der Waals surface area contributed by atoms with Gasteiger partial charge >= 0.3 is 0 Å². The molecule has 1 heterocycles. The molecule has 0 aliphatic carbocycles. The molecule has 0 radical (unpaired) electrons. The van der Waals surface area contributed by atoms with E-state index in [1.54, 1.807) is 0 Å². The van der Waals surface area contributed by atoms with Crippen LogP contribution in [0.4, 0.5) is 11.4 Å². The number of amides is 2. The average molecular weight is 314 g/mol. The number of hydrogen-bond acceptors (Lipinski definition) is 5. The number of anilines is 1. The maximum atomic E-state index is 11.4. The van der Waals surface area contributed by atoms with Crippen molar-refractivity contribution in [2.24, 2.45) is 0 Å². The molecule has 7 nitrogen and oxygen atoms in total. The van der Waals surface area contributed by atoms with E-state index in [0.29, 0.717) is 10.2 Å². The highest BCUT2D eigenvalue weighted by molar-refractivity contribution is 9.10. The first kappa shape index (κ1) is 12.5. The predicted molar refractivity (Wildman–Crippen MR) is 66.0 cm³/mol. The molecule has 1 aromatic carbocycles. The Kier molecular flexibility index (Phi) is 3.28. The van der Waals surface area contributed by atoms with Crippen LogP contribution in [0.15, 0.2) is 22.7 Å². The normalized spacial score (nSPS) is 18.6. The summed E-state index contributed by atoms with van der Waals surface area (Å²) < 4.78 is 0.462. The summed E-state index contributed by atoms with van der Waals surface area (Å²) in [6, 6.07) is 3.49. The highest BCUT2D eigenvalue weighted by atomic mass is 79.9. The Morgan fingerprint density at radius 2 is 2.17 bits per heavy atom. The number of non-ortho nitro benzene ring substituents is 1. The summed E-state index contributed by atoms with van der Waals surface area (Å²) in [7, 11) is 0. The second-order valence-corrected chi connectivity index (χ2v) is 4.59. The van der Waals surface area contributed by atoms with Crippen LogP contribution >= 0.6 is 15.9 Å². The molecule has 2 N–H and O–H groups in total. The van der Waals surface area contributed by atoms with Gasteiger partial charge in [0.1, 0.15) is 6.04 Å². The van der Waals surface area contributed by atoms with Crippen molar-refractivity contribution >= 4 is 39.1 Å². The lowest BCUT2D eigenvalue weighted by Crippen LogP contribution is -2.30. The zero-order valence-corrected chi connectivity index (χ0v) is 10.6. The van der Waals surface area contributed by atoms with Crippen molar-refractivity contribution in [2.75, 3.05) is 5.32 Å². The van der Waals surface area contributed by atoms with Crippen LogP contribution in [0.3, 0.4) is 0 Å². The molecule has 2 rings (SSSR count). The number of hydrogen-bond donors (Lipinski definition) is 2. The minimum absolute atomic E-state index is 0.0561. The smallest absolute Gasteiger partial charge is 0.270 e. The number of nitrogens with zero attached hydrogens (tertiary/aromatic N) is 1. The third-order valence-electron chi connectivity index (χ3n) is 2.46.